The quantitative estimate of drug-likeness (QED) is 0.470. The van der Waals surface area contributed by atoms with Crippen molar-refractivity contribution in [2.75, 3.05) is 6.79 Å². The molecule has 4 nitrogen and oxygen atoms in total. The molecule has 0 fully saturated rings. The highest BCUT2D eigenvalue weighted by Crippen LogP contribution is 2.34. The van der Waals surface area contributed by atoms with Crippen molar-refractivity contribution in [1.29, 1.82) is 0 Å². The van der Waals surface area contributed by atoms with Gasteiger partial charge in [0.1, 0.15) is 5.03 Å². The van der Waals surface area contributed by atoms with Gasteiger partial charge in [-0.05, 0) is 42.8 Å². The van der Waals surface area contributed by atoms with Gasteiger partial charge in [-0.2, -0.15) is 0 Å². The Labute approximate surface area is 155 Å². The van der Waals surface area contributed by atoms with Crippen LogP contribution in [0.5, 0.6) is 11.5 Å². The third-order valence-corrected chi connectivity index (χ3v) is 4.95. The van der Waals surface area contributed by atoms with Gasteiger partial charge in [0, 0.05) is 22.0 Å². The van der Waals surface area contributed by atoms with E-state index in [4.69, 9.17) is 21.1 Å². The van der Waals surface area contributed by atoms with Gasteiger partial charge in [0.25, 0.3) is 0 Å². The number of fused-ring (bicyclic) bond motifs is 1. The molecule has 0 unspecified atom stereocenters. The first kappa shape index (κ1) is 16.2. The van der Waals surface area contributed by atoms with E-state index in [0.29, 0.717) is 17.6 Å². The summed E-state index contributed by atoms with van der Waals surface area (Å²) in [7, 11) is 0. The number of hydrogen-bond acceptors (Lipinski definition) is 5. The van der Waals surface area contributed by atoms with Crippen LogP contribution >= 0.6 is 23.4 Å². The molecule has 2 aromatic carbocycles. The summed E-state index contributed by atoms with van der Waals surface area (Å²) in [5, 5.41) is 1.61. The van der Waals surface area contributed by atoms with Crippen molar-refractivity contribution in [3.8, 4) is 22.9 Å². The maximum absolute atomic E-state index is 6.08. The summed E-state index contributed by atoms with van der Waals surface area (Å²) in [6.45, 7) is 2.26. The van der Waals surface area contributed by atoms with Crippen molar-refractivity contribution in [2.24, 2.45) is 0 Å². The predicted octanol–water partition coefficient (Wildman–Crippen LogP) is 5.13. The monoisotopic (exact) mass is 370 g/mol. The van der Waals surface area contributed by atoms with Crippen LogP contribution in [0.1, 0.15) is 11.3 Å². The molecule has 126 valence electrons. The smallest absolute Gasteiger partial charge is 0.231 e. The fourth-order valence-electron chi connectivity index (χ4n) is 2.56. The van der Waals surface area contributed by atoms with Crippen molar-refractivity contribution in [3.05, 3.63) is 64.8 Å². The van der Waals surface area contributed by atoms with Crippen molar-refractivity contribution in [1.82, 2.24) is 9.97 Å². The fraction of sp³-hybridized carbons (Fsp3) is 0.158. The van der Waals surface area contributed by atoms with Crippen LogP contribution in [-0.2, 0) is 5.75 Å². The second-order valence-electron chi connectivity index (χ2n) is 5.66. The summed E-state index contributed by atoms with van der Waals surface area (Å²) < 4.78 is 10.8. The molecule has 6 heteroatoms. The number of hydrogen-bond donors (Lipinski definition) is 0. The molecule has 1 aliphatic rings. The van der Waals surface area contributed by atoms with Crippen molar-refractivity contribution >= 4 is 23.4 Å². The van der Waals surface area contributed by atoms with E-state index >= 15 is 0 Å². The normalized spacial score (nSPS) is 12.4. The molecule has 1 aromatic heterocycles. The number of ether oxygens (including phenoxy) is 2. The van der Waals surface area contributed by atoms with Crippen molar-refractivity contribution < 1.29 is 9.47 Å². The third kappa shape index (κ3) is 3.72. The molecular weight excluding hydrogens is 356 g/mol. The van der Waals surface area contributed by atoms with Crippen LogP contribution in [0.3, 0.4) is 0 Å². The summed E-state index contributed by atoms with van der Waals surface area (Å²) in [5.41, 5.74) is 3.01. The Hall–Kier alpha value is -2.24. The summed E-state index contributed by atoms with van der Waals surface area (Å²) >= 11 is 7.74. The molecule has 4 rings (SSSR count). The zero-order valence-corrected chi connectivity index (χ0v) is 15.1. The number of aryl methyl sites for hydroxylation is 1. The molecule has 0 spiro atoms. The lowest BCUT2D eigenvalue weighted by Gasteiger charge is -2.07. The molecule has 0 bridgehead atoms. The van der Waals surface area contributed by atoms with Gasteiger partial charge in [0.15, 0.2) is 17.3 Å². The SMILES string of the molecule is Cc1cc(SCc2ccc3c(c2)OCO3)nc(-c2cccc(Cl)c2)n1. The highest BCUT2D eigenvalue weighted by Gasteiger charge is 2.13. The maximum Gasteiger partial charge on any atom is 0.231 e. The number of benzene rings is 2. The molecule has 0 atom stereocenters. The highest BCUT2D eigenvalue weighted by molar-refractivity contribution is 7.98. The molecule has 2 heterocycles. The van der Waals surface area contributed by atoms with Gasteiger partial charge in [-0.15, -0.1) is 11.8 Å². The van der Waals surface area contributed by atoms with Crippen LogP contribution in [0.25, 0.3) is 11.4 Å². The molecule has 0 saturated heterocycles. The van der Waals surface area contributed by atoms with E-state index in [1.54, 1.807) is 11.8 Å². The van der Waals surface area contributed by atoms with E-state index in [-0.39, 0.29) is 0 Å². The molecule has 0 amide bonds. The minimum absolute atomic E-state index is 0.292. The van der Waals surface area contributed by atoms with Crippen LogP contribution in [-0.4, -0.2) is 16.8 Å². The highest BCUT2D eigenvalue weighted by atomic mass is 35.5. The van der Waals surface area contributed by atoms with Gasteiger partial charge < -0.3 is 9.47 Å². The molecular formula is C19H15ClN2O2S. The van der Waals surface area contributed by atoms with Crippen molar-refractivity contribution in [2.45, 2.75) is 17.7 Å². The second kappa shape index (κ2) is 6.94. The molecule has 0 N–H and O–H groups in total. The van der Waals surface area contributed by atoms with Crippen LogP contribution in [0.4, 0.5) is 0 Å². The van der Waals surface area contributed by atoms with E-state index in [2.05, 4.69) is 9.97 Å². The van der Waals surface area contributed by atoms with Gasteiger partial charge >= 0.3 is 0 Å². The first-order valence-electron chi connectivity index (χ1n) is 7.80. The lowest BCUT2D eigenvalue weighted by molar-refractivity contribution is 0.174. The standard InChI is InChI=1S/C19H15ClN2O2S/c1-12-7-18(22-19(21-12)14-3-2-4-15(20)9-14)25-10-13-5-6-16-17(8-13)24-11-23-16/h2-9H,10-11H2,1H3. The largest absolute Gasteiger partial charge is 0.454 e. The van der Waals surface area contributed by atoms with Gasteiger partial charge in [-0.25, -0.2) is 9.97 Å². The molecule has 3 aromatic rings. The van der Waals surface area contributed by atoms with E-state index in [1.165, 1.54) is 0 Å². The Kier molecular flexibility index (Phi) is 4.51. The minimum Gasteiger partial charge on any atom is -0.454 e. The zero-order chi connectivity index (χ0) is 17.2. The predicted molar refractivity (Wildman–Crippen MR) is 99.3 cm³/mol. The molecule has 0 aliphatic carbocycles. The Balaban J connectivity index is 1.54. The lowest BCUT2D eigenvalue weighted by atomic mass is 10.2. The summed E-state index contributed by atoms with van der Waals surface area (Å²) in [4.78, 5) is 9.20. The minimum atomic E-state index is 0.292. The average Bonchev–Trinajstić information content (AvgIpc) is 3.07. The fourth-order valence-corrected chi connectivity index (χ4v) is 3.65. The Bertz CT molecular complexity index is 933. The lowest BCUT2D eigenvalue weighted by Crippen LogP contribution is -1.94. The van der Waals surface area contributed by atoms with Gasteiger partial charge in [-0.3, -0.25) is 0 Å². The maximum atomic E-state index is 6.08. The zero-order valence-electron chi connectivity index (χ0n) is 13.5. The van der Waals surface area contributed by atoms with E-state index in [9.17, 15) is 0 Å². The van der Waals surface area contributed by atoms with E-state index in [0.717, 1.165) is 39.1 Å². The first-order valence-corrected chi connectivity index (χ1v) is 9.17. The Morgan fingerprint density at radius 3 is 2.80 bits per heavy atom. The average molecular weight is 371 g/mol. The van der Waals surface area contributed by atoms with Crippen LogP contribution < -0.4 is 9.47 Å². The molecule has 0 saturated carbocycles. The molecule has 1 aliphatic heterocycles. The van der Waals surface area contributed by atoms with Crippen LogP contribution in [0, 0.1) is 6.92 Å². The number of rotatable bonds is 4. The summed E-state index contributed by atoms with van der Waals surface area (Å²) in [6.07, 6.45) is 0. The first-order chi connectivity index (χ1) is 12.2. The van der Waals surface area contributed by atoms with Crippen LogP contribution in [0.15, 0.2) is 53.6 Å². The number of aromatic nitrogens is 2. The Morgan fingerprint density at radius 2 is 1.92 bits per heavy atom. The van der Waals surface area contributed by atoms with E-state index in [1.807, 2.05) is 55.5 Å². The molecule has 0 radical (unpaired) electrons. The van der Waals surface area contributed by atoms with E-state index < -0.39 is 0 Å². The van der Waals surface area contributed by atoms with Gasteiger partial charge in [0.05, 0.1) is 0 Å². The Morgan fingerprint density at radius 1 is 1.04 bits per heavy atom. The topological polar surface area (TPSA) is 44.2 Å². The number of halogens is 1. The number of nitrogens with zero attached hydrogens (tertiary/aromatic N) is 2. The van der Waals surface area contributed by atoms with Gasteiger partial charge in [-0.1, -0.05) is 29.8 Å². The summed E-state index contributed by atoms with van der Waals surface area (Å²) in [5.74, 6) is 3.09. The number of thioether (sulfide) groups is 1. The summed E-state index contributed by atoms with van der Waals surface area (Å²) in [6, 6.07) is 15.6. The van der Waals surface area contributed by atoms with Crippen LogP contribution in [0.2, 0.25) is 5.02 Å². The third-order valence-electron chi connectivity index (χ3n) is 3.74. The molecule has 25 heavy (non-hydrogen) atoms. The van der Waals surface area contributed by atoms with Gasteiger partial charge in [0.2, 0.25) is 6.79 Å². The second-order valence-corrected chi connectivity index (χ2v) is 7.09. The van der Waals surface area contributed by atoms with Crippen molar-refractivity contribution in [3.63, 3.8) is 0 Å².